The summed E-state index contributed by atoms with van der Waals surface area (Å²) in [4.78, 5) is 42.0. The average molecular weight is 497 g/mol. The molecule has 2 aliphatic heterocycles. The van der Waals surface area contributed by atoms with Crippen molar-refractivity contribution >= 4 is 27.9 Å². The van der Waals surface area contributed by atoms with Gasteiger partial charge in [0.1, 0.15) is 12.1 Å². The van der Waals surface area contributed by atoms with E-state index < -0.39 is 27.5 Å². The van der Waals surface area contributed by atoms with Crippen LogP contribution in [0.25, 0.3) is 0 Å². The van der Waals surface area contributed by atoms with E-state index in [0.29, 0.717) is 6.42 Å². The molecule has 2 fully saturated rings. The summed E-state index contributed by atoms with van der Waals surface area (Å²) >= 11 is 0. The predicted molar refractivity (Wildman–Crippen MR) is 128 cm³/mol. The number of imide groups is 1. The predicted octanol–water partition coefficient (Wildman–Crippen LogP) is 1.61. The van der Waals surface area contributed by atoms with Gasteiger partial charge in [0, 0.05) is 26.2 Å². The van der Waals surface area contributed by atoms with Crippen LogP contribution < -0.4 is 5.32 Å². The molecule has 1 spiro atoms. The fourth-order valence-electron chi connectivity index (χ4n) is 5.23. The lowest BCUT2D eigenvalue weighted by atomic mass is 9.76. The molecular weight excluding hydrogens is 468 g/mol. The Kier molecular flexibility index (Phi) is 5.88. The van der Waals surface area contributed by atoms with Gasteiger partial charge >= 0.3 is 6.03 Å². The molecule has 2 aromatic rings. The molecule has 0 saturated carbocycles. The van der Waals surface area contributed by atoms with Gasteiger partial charge in [-0.1, -0.05) is 42.0 Å². The Balaban J connectivity index is 1.25. The molecule has 9 nitrogen and oxygen atoms in total. The van der Waals surface area contributed by atoms with Gasteiger partial charge < -0.3 is 10.2 Å². The quantitative estimate of drug-likeness (QED) is 0.648. The van der Waals surface area contributed by atoms with Crippen molar-refractivity contribution < 1.29 is 22.8 Å². The van der Waals surface area contributed by atoms with Crippen molar-refractivity contribution in [2.24, 2.45) is 0 Å². The number of nitrogens with one attached hydrogen (secondary N) is 1. The zero-order valence-electron chi connectivity index (χ0n) is 19.6. The first-order chi connectivity index (χ1) is 16.7. The molecule has 1 N–H and O–H groups in total. The summed E-state index contributed by atoms with van der Waals surface area (Å²) in [5.74, 6) is -0.773. The Morgan fingerprint density at radius 1 is 1.00 bits per heavy atom. The molecule has 1 atom stereocenters. The first-order valence-electron chi connectivity index (χ1n) is 11.8. The standard InChI is InChI=1S/C25H28N4O5S/c1-18-8-10-20(11-9-18)35(33,34)28-15-13-27(14-16-28)22(30)17-29-23(31)25(26-24(29)32)12-4-6-19-5-2-3-7-21(19)25/h2-3,5,7-11H,4,6,12-17H2,1H3,(H,26,32)/t25-/m0/s1. The summed E-state index contributed by atoms with van der Waals surface area (Å²) < 4.78 is 27.2. The molecule has 4 amide bonds. The van der Waals surface area contributed by atoms with E-state index >= 15 is 0 Å². The largest absolute Gasteiger partial charge is 0.338 e. The van der Waals surface area contributed by atoms with Crippen molar-refractivity contribution in [3.05, 3.63) is 65.2 Å². The lowest BCUT2D eigenvalue weighted by Crippen LogP contribution is -2.53. The van der Waals surface area contributed by atoms with Crippen LogP contribution in [0.4, 0.5) is 4.79 Å². The molecule has 0 radical (unpaired) electrons. The molecule has 10 heteroatoms. The number of amides is 4. The Bertz CT molecular complexity index is 1290. The number of rotatable bonds is 4. The van der Waals surface area contributed by atoms with Crippen LogP contribution in [0.15, 0.2) is 53.4 Å². The van der Waals surface area contributed by atoms with Crippen molar-refractivity contribution in [1.29, 1.82) is 0 Å². The average Bonchev–Trinajstić information content (AvgIpc) is 3.09. The third-order valence-corrected chi connectivity index (χ3v) is 9.11. The highest BCUT2D eigenvalue weighted by atomic mass is 32.2. The van der Waals surface area contributed by atoms with Crippen LogP contribution in [-0.4, -0.2) is 73.1 Å². The number of hydrogen-bond donors (Lipinski definition) is 1. The molecule has 2 saturated heterocycles. The number of piperazine rings is 1. The number of nitrogens with zero attached hydrogens (tertiary/aromatic N) is 3. The van der Waals surface area contributed by atoms with E-state index in [9.17, 15) is 22.8 Å². The number of benzene rings is 2. The fourth-order valence-corrected chi connectivity index (χ4v) is 6.65. The topological polar surface area (TPSA) is 107 Å². The van der Waals surface area contributed by atoms with Crippen LogP contribution in [0.5, 0.6) is 0 Å². The van der Waals surface area contributed by atoms with Crippen LogP contribution in [0, 0.1) is 6.92 Å². The number of fused-ring (bicyclic) bond motifs is 2. The Labute approximate surface area is 204 Å². The molecule has 1 aliphatic carbocycles. The minimum Gasteiger partial charge on any atom is -0.338 e. The van der Waals surface area contributed by atoms with Crippen LogP contribution in [0.3, 0.4) is 0 Å². The lowest BCUT2D eigenvalue weighted by Gasteiger charge is -2.35. The number of aryl methyl sites for hydroxylation is 2. The molecule has 2 heterocycles. The number of carbonyl (C=O) groups excluding carboxylic acids is 3. The summed E-state index contributed by atoms with van der Waals surface area (Å²) in [6.07, 6.45) is 2.10. The second-order valence-corrected chi connectivity index (χ2v) is 11.3. The highest BCUT2D eigenvalue weighted by molar-refractivity contribution is 7.89. The van der Waals surface area contributed by atoms with Crippen molar-refractivity contribution in [2.45, 2.75) is 36.6 Å². The third-order valence-electron chi connectivity index (χ3n) is 7.19. The van der Waals surface area contributed by atoms with E-state index in [1.165, 1.54) is 9.21 Å². The van der Waals surface area contributed by atoms with Gasteiger partial charge in [0.15, 0.2) is 0 Å². The summed E-state index contributed by atoms with van der Waals surface area (Å²) in [5.41, 5.74) is 1.69. The SMILES string of the molecule is Cc1ccc(S(=O)(=O)N2CCN(C(=O)CN3C(=O)N[C@]4(CCCc5ccccc54)C3=O)CC2)cc1. The van der Waals surface area contributed by atoms with Crippen LogP contribution in [-0.2, 0) is 31.6 Å². The van der Waals surface area contributed by atoms with Gasteiger partial charge in [-0.25, -0.2) is 13.2 Å². The first kappa shape index (κ1) is 23.5. The Morgan fingerprint density at radius 2 is 1.69 bits per heavy atom. The second-order valence-electron chi connectivity index (χ2n) is 9.34. The van der Waals surface area contributed by atoms with E-state index in [4.69, 9.17) is 0 Å². The molecule has 0 aromatic heterocycles. The summed E-state index contributed by atoms with van der Waals surface area (Å²) in [7, 11) is -3.65. The number of sulfonamides is 1. The summed E-state index contributed by atoms with van der Waals surface area (Å²) in [6.45, 7) is 2.22. The van der Waals surface area contributed by atoms with E-state index in [2.05, 4.69) is 5.32 Å². The molecule has 35 heavy (non-hydrogen) atoms. The van der Waals surface area contributed by atoms with E-state index in [1.54, 1.807) is 24.3 Å². The van der Waals surface area contributed by atoms with Gasteiger partial charge in [-0.15, -0.1) is 0 Å². The van der Waals surface area contributed by atoms with Crippen molar-refractivity contribution in [3.63, 3.8) is 0 Å². The maximum absolute atomic E-state index is 13.4. The second kappa shape index (κ2) is 8.76. The number of urea groups is 1. The maximum atomic E-state index is 13.4. The van der Waals surface area contributed by atoms with Gasteiger partial charge in [-0.3, -0.25) is 14.5 Å². The lowest BCUT2D eigenvalue weighted by molar-refractivity contribution is -0.140. The van der Waals surface area contributed by atoms with Crippen LogP contribution in [0.1, 0.15) is 29.5 Å². The smallest absolute Gasteiger partial charge is 0.325 e. The normalized spacial score (nSPS) is 22.9. The molecular formula is C25H28N4O5S. The highest BCUT2D eigenvalue weighted by Crippen LogP contribution is 2.39. The fraction of sp³-hybridized carbons (Fsp3) is 0.400. The molecule has 3 aliphatic rings. The molecule has 2 aromatic carbocycles. The van der Waals surface area contributed by atoms with Gasteiger partial charge in [-0.05, 0) is 49.4 Å². The van der Waals surface area contributed by atoms with Crippen molar-refractivity contribution in [1.82, 2.24) is 19.4 Å². The van der Waals surface area contributed by atoms with Crippen LogP contribution >= 0.6 is 0 Å². The summed E-state index contributed by atoms with van der Waals surface area (Å²) in [5, 5.41) is 2.86. The number of hydrogen-bond acceptors (Lipinski definition) is 5. The maximum Gasteiger partial charge on any atom is 0.325 e. The zero-order valence-corrected chi connectivity index (χ0v) is 20.4. The van der Waals surface area contributed by atoms with Gasteiger partial charge in [0.2, 0.25) is 15.9 Å². The minimum atomic E-state index is -3.65. The molecule has 0 unspecified atom stereocenters. The molecule has 0 bridgehead atoms. The van der Waals surface area contributed by atoms with Gasteiger partial charge in [-0.2, -0.15) is 4.31 Å². The monoisotopic (exact) mass is 496 g/mol. The van der Waals surface area contributed by atoms with Crippen molar-refractivity contribution in [3.8, 4) is 0 Å². The molecule has 5 rings (SSSR count). The zero-order chi connectivity index (χ0) is 24.8. The first-order valence-corrected chi connectivity index (χ1v) is 13.2. The van der Waals surface area contributed by atoms with Gasteiger partial charge in [0.25, 0.3) is 5.91 Å². The van der Waals surface area contributed by atoms with E-state index in [1.807, 2.05) is 31.2 Å². The minimum absolute atomic E-state index is 0.152. The molecule has 184 valence electrons. The van der Waals surface area contributed by atoms with Crippen molar-refractivity contribution in [2.75, 3.05) is 32.7 Å². The highest BCUT2D eigenvalue weighted by Gasteiger charge is 2.54. The summed E-state index contributed by atoms with van der Waals surface area (Å²) in [6, 6.07) is 13.7. The third kappa shape index (κ3) is 4.00. The van der Waals surface area contributed by atoms with Gasteiger partial charge in [0.05, 0.1) is 4.90 Å². The Morgan fingerprint density at radius 3 is 2.40 bits per heavy atom. The van der Waals surface area contributed by atoms with Crippen LogP contribution in [0.2, 0.25) is 0 Å². The van der Waals surface area contributed by atoms with E-state index in [-0.39, 0.29) is 43.5 Å². The van der Waals surface area contributed by atoms with E-state index in [0.717, 1.165) is 34.4 Å². The number of carbonyl (C=O) groups is 3. The Hall–Kier alpha value is -3.24.